The Hall–Kier alpha value is -1.52. The average Bonchev–Trinajstić information content (AvgIpc) is 2.43. The van der Waals surface area contributed by atoms with Gasteiger partial charge in [0.15, 0.2) is 11.6 Å². The molecular weight excluding hydrogens is 288 g/mol. The van der Waals surface area contributed by atoms with Crippen molar-refractivity contribution in [2.24, 2.45) is 0 Å². The summed E-state index contributed by atoms with van der Waals surface area (Å²) in [6.45, 7) is 3.15. The molecule has 1 aliphatic heterocycles. The lowest BCUT2D eigenvalue weighted by molar-refractivity contribution is 0.100. The third-order valence-corrected chi connectivity index (χ3v) is 5.67. The first-order chi connectivity index (χ1) is 9.54. The minimum absolute atomic E-state index is 0.0710. The van der Waals surface area contributed by atoms with Gasteiger partial charge in [-0.15, -0.1) is 0 Å². The van der Waals surface area contributed by atoms with Gasteiger partial charge in [0.25, 0.3) is 0 Å². The number of Topliss-reactive ketones (excluding diaryl/α,β-unsaturated/α-hetero) is 2. The van der Waals surface area contributed by atoms with Gasteiger partial charge in [0.2, 0.25) is 0 Å². The topological polar surface area (TPSA) is 34.1 Å². The minimum atomic E-state index is 0.0710. The van der Waals surface area contributed by atoms with Crippen LogP contribution in [0.3, 0.4) is 0 Å². The standard InChI is InChI=1S/C16H12O2S2/c1-9(17)11-3-5-13-15(7-11)20-16-8-12(10(2)18)4-6-14(16)19-13/h3-8H,1-2H3. The third kappa shape index (κ3) is 2.41. The Morgan fingerprint density at radius 1 is 0.700 bits per heavy atom. The molecule has 1 aliphatic rings. The molecule has 2 aromatic rings. The van der Waals surface area contributed by atoms with Crippen molar-refractivity contribution in [3.63, 3.8) is 0 Å². The van der Waals surface area contributed by atoms with Crippen molar-refractivity contribution in [2.45, 2.75) is 33.4 Å². The molecule has 0 bridgehead atoms. The lowest BCUT2D eigenvalue weighted by atomic mass is 10.1. The summed E-state index contributed by atoms with van der Waals surface area (Å²) in [4.78, 5) is 27.4. The molecule has 0 N–H and O–H groups in total. The Morgan fingerprint density at radius 2 is 1.10 bits per heavy atom. The zero-order valence-electron chi connectivity index (χ0n) is 11.1. The van der Waals surface area contributed by atoms with Crippen LogP contribution in [0.15, 0.2) is 56.0 Å². The Kier molecular flexibility index (Phi) is 3.44. The Morgan fingerprint density at radius 3 is 1.50 bits per heavy atom. The number of fused-ring (bicyclic) bond motifs is 2. The molecule has 0 aromatic heterocycles. The van der Waals surface area contributed by atoms with Crippen LogP contribution in [0.1, 0.15) is 34.6 Å². The molecule has 0 atom stereocenters. The van der Waals surface area contributed by atoms with E-state index in [9.17, 15) is 9.59 Å². The molecule has 2 aromatic carbocycles. The molecule has 20 heavy (non-hydrogen) atoms. The van der Waals surface area contributed by atoms with Gasteiger partial charge in [0, 0.05) is 30.7 Å². The molecule has 0 fully saturated rings. The van der Waals surface area contributed by atoms with Crippen LogP contribution in [0.25, 0.3) is 0 Å². The summed E-state index contributed by atoms with van der Waals surface area (Å²) in [5.41, 5.74) is 1.45. The van der Waals surface area contributed by atoms with Crippen molar-refractivity contribution in [1.82, 2.24) is 0 Å². The van der Waals surface area contributed by atoms with Crippen LogP contribution in [0, 0.1) is 0 Å². The van der Waals surface area contributed by atoms with Gasteiger partial charge in [-0.05, 0) is 38.1 Å². The van der Waals surface area contributed by atoms with Gasteiger partial charge < -0.3 is 0 Å². The number of hydrogen-bond acceptors (Lipinski definition) is 4. The zero-order chi connectivity index (χ0) is 14.3. The Bertz CT molecular complexity index is 674. The first-order valence-electron chi connectivity index (χ1n) is 6.20. The first kappa shape index (κ1) is 13.5. The highest BCUT2D eigenvalue weighted by Crippen LogP contribution is 2.48. The summed E-state index contributed by atoms with van der Waals surface area (Å²) >= 11 is 3.30. The maximum Gasteiger partial charge on any atom is 0.159 e. The summed E-state index contributed by atoms with van der Waals surface area (Å²) in [6.07, 6.45) is 0. The van der Waals surface area contributed by atoms with Crippen LogP contribution in [0.2, 0.25) is 0 Å². The van der Waals surface area contributed by atoms with E-state index in [2.05, 4.69) is 0 Å². The maximum atomic E-state index is 11.5. The van der Waals surface area contributed by atoms with E-state index in [1.165, 1.54) is 0 Å². The molecule has 2 nitrogen and oxygen atoms in total. The summed E-state index contributed by atoms with van der Waals surface area (Å²) in [7, 11) is 0. The molecule has 3 rings (SSSR count). The molecule has 100 valence electrons. The number of carbonyl (C=O) groups is 2. The summed E-state index contributed by atoms with van der Waals surface area (Å²) < 4.78 is 0. The summed E-state index contributed by atoms with van der Waals surface area (Å²) in [5.74, 6) is 0.142. The van der Waals surface area contributed by atoms with Crippen LogP contribution in [0.5, 0.6) is 0 Å². The van der Waals surface area contributed by atoms with Crippen molar-refractivity contribution in [2.75, 3.05) is 0 Å². The fourth-order valence-electron chi connectivity index (χ4n) is 2.02. The normalized spacial score (nSPS) is 12.5. The first-order valence-corrected chi connectivity index (χ1v) is 7.83. The van der Waals surface area contributed by atoms with Crippen molar-refractivity contribution >= 4 is 35.1 Å². The number of benzene rings is 2. The van der Waals surface area contributed by atoms with Crippen LogP contribution in [-0.2, 0) is 0 Å². The van der Waals surface area contributed by atoms with E-state index < -0.39 is 0 Å². The molecule has 0 amide bonds. The van der Waals surface area contributed by atoms with Crippen molar-refractivity contribution in [1.29, 1.82) is 0 Å². The van der Waals surface area contributed by atoms with Crippen LogP contribution in [-0.4, -0.2) is 11.6 Å². The van der Waals surface area contributed by atoms with E-state index in [-0.39, 0.29) is 11.6 Å². The molecule has 0 saturated carbocycles. The van der Waals surface area contributed by atoms with E-state index in [0.717, 1.165) is 30.7 Å². The van der Waals surface area contributed by atoms with Gasteiger partial charge in [-0.1, -0.05) is 35.7 Å². The molecule has 4 heteroatoms. The molecule has 0 aliphatic carbocycles. The Balaban J connectivity index is 2.03. The van der Waals surface area contributed by atoms with E-state index in [1.54, 1.807) is 37.4 Å². The number of carbonyl (C=O) groups excluding carboxylic acids is 2. The average molecular weight is 300 g/mol. The SMILES string of the molecule is CC(=O)c1ccc2c(c1)Sc1cc(C(C)=O)ccc1S2. The highest BCUT2D eigenvalue weighted by atomic mass is 32.2. The van der Waals surface area contributed by atoms with Gasteiger partial charge in [0.1, 0.15) is 0 Å². The summed E-state index contributed by atoms with van der Waals surface area (Å²) in [6, 6.07) is 11.6. The van der Waals surface area contributed by atoms with Crippen molar-refractivity contribution in [3.05, 3.63) is 47.5 Å². The highest BCUT2D eigenvalue weighted by Gasteiger charge is 2.19. The number of rotatable bonds is 2. The predicted molar refractivity (Wildman–Crippen MR) is 81.1 cm³/mol. The molecule has 1 heterocycles. The number of hydrogen-bond donors (Lipinski definition) is 0. The monoisotopic (exact) mass is 300 g/mol. The van der Waals surface area contributed by atoms with Crippen LogP contribution in [0.4, 0.5) is 0 Å². The minimum Gasteiger partial charge on any atom is -0.295 e. The lowest BCUT2D eigenvalue weighted by Gasteiger charge is -2.19. The molecule has 0 unspecified atom stereocenters. The highest BCUT2D eigenvalue weighted by molar-refractivity contribution is 8.05. The largest absolute Gasteiger partial charge is 0.295 e. The van der Waals surface area contributed by atoms with Crippen LogP contribution < -0.4 is 0 Å². The molecule has 0 saturated heterocycles. The van der Waals surface area contributed by atoms with Gasteiger partial charge in [-0.25, -0.2) is 0 Å². The van der Waals surface area contributed by atoms with Gasteiger partial charge in [-0.2, -0.15) is 0 Å². The quantitative estimate of drug-likeness (QED) is 0.642. The fraction of sp³-hybridized carbons (Fsp3) is 0.125. The maximum absolute atomic E-state index is 11.5. The zero-order valence-corrected chi connectivity index (χ0v) is 12.7. The lowest BCUT2D eigenvalue weighted by Crippen LogP contribution is -1.97. The van der Waals surface area contributed by atoms with Gasteiger partial charge in [0.05, 0.1) is 0 Å². The predicted octanol–water partition coefficient (Wildman–Crippen LogP) is 4.71. The second-order valence-corrected chi connectivity index (χ2v) is 6.81. The van der Waals surface area contributed by atoms with Gasteiger partial charge >= 0.3 is 0 Å². The molecular formula is C16H12O2S2. The molecule has 0 radical (unpaired) electrons. The van der Waals surface area contributed by atoms with E-state index >= 15 is 0 Å². The smallest absolute Gasteiger partial charge is 0.159 e. The fourth-order valence-corrected chi connectivity index (χ4v) is 4.29. The van der Waals surface area contributed by atoms with E-state index in [0.29, 0.717) is 0 Å². The second kappa shape index (κ2) is 5.11. The van der Waals surface area contributed by atoms with E-state index in [1.807, 2.05) is 36.4 Å². The van der Waals surface area contributed by atoms with Crippen molar-refractivity contribution < 1.29 is 9.59 Å². The van der Waals surface area contributed by atoms with Crippen LogP contribution >= 0.6 is 23.5 Å². The summed E-state index contributed by atoms with van der Waals surface area (Å²) in [5, 5.41) is 0. The van der Waals surface area contributed by atoms with Crippen molar-refractivity contribution in [3.8, 4) is 0 Å². The van der Waals surface area contributed by atoms with Gasteiger partial charge in [-0.3, -0.25) is 9.59 Å². The molecule has 0 spiro atoms. The third-order valence-electron chi connectivity index (χ3n) is 3.14. The Labute approximate surface area is 126 Å². The number of ketones is 2. The second-order valence-electron chi connectivity index (χ2n) is 4.64. The van der Waals surface area contributed by atoms with E-state index in [4.69, 9.17) is 0 Å².